The molecule has 37 heavy (non-hydrogen) atoms. The molecule has 1 aromatic heterocycles. The molecule has 2 unspecified atom stereocenters. The van der Waals surface area contributed by atoms with Crippen LogP contribution in [0.15, 0.2) is 46.0 Å². The van der Waals surface area contributed by atoms with Gasteiger partial charge in [0.2, 0.25) is 5.91 Å². The molecule has 0 saturated heterocycles. The van der Waals surface area contributed by atoms with Gasteiger partial charge in [-0.15, -0.1) is 0 Å². The minimum absolute atomic E-state index is 0.00446. The molecule has 3 aromatic rings. The highest BCUT2D eigenvalue weighted by atomic mass is 79.9. The molecule has 6 N–H and O–H groups in total. The molecule has 0 fully saturated rings. The predicted molar refractivity (Wildman–Crippen MR) is 134 cm³/mol. The normalized spacial score (nSPS) is 15.9. The molecule has 11 nitrogen and oxygen atoms in total. The Morgan fingerprint density at radius 3 is 2.78 bits per heavy atom. The number of carbonyl (C=O) groups is 3. The summed E-state index contributed by atoms with van der Waals surface area (Å²) in [6.07, 6.45) is -0.0879. The minimum Gasteiger partial charge on any atom is -0.481 e. The van der Waals surface area contributed by atoms with Crippen molar-refractivity contribution in [2.24, 2.45) is 4.99 Å². The van der Waals surface area contributed by atoms with Crippen LogP contribution in [0.25, 0.3) is 10.9 Å². The lowest BCUT2D eigenvalue weighted by atomic mass is 10.0. The zero-order valence-electron chi connectivity index (χ0n) is 19.1. The smallest absolute Gasteiger partial charge is 0.305 e. The van der Waals surface area contributed by atoms with E-state index in [1.54, 1.807) is 12.3 Å². The fourth-order valence-corrected chi connectivity index (χ4v) is 4.10. The third-order valence-corrected chi connectivity index (χ3v) is 5.96. The predicted octanol–water partition coefficient (Wildman–Crippen LogP) is 2.24. The molecule has 2 heterocycles. The Kier molecular flexibility index (Phi) is 7.96. The van der Waals surface area contributed by atoms with Crippen LogP contribution >= 0.6 is 15.9 Å². The third-order valence-electron chi connectivity index (χ3n) is 5.47. The van der Waals surface area contributed by atoms with Crippen LogP contribution in [0.4, 0.5) is 14.5 Å². The van der Waals surface area contributed by atoms with Gasteiger partial charge in [-0.3, -0.25) is 19.5 Å². The van der Waals surface area contributed by atoms with E-state index in [1.807, 2.05) is 0 Å². The SMILES string of the molecule is O=C(O)CC(NC(=O)CNC(=O)c1cc(NC2=NCC(F)CN2)c2cn[nH]c2c1)c1cc(Br)ccc1F. The number of carbonyl (C=O) groups excluding carboxylic acids is 2. The van der Waals surface area contributed by atoms with Crippen molar-refractivity contribution >= 4 is 56.3 Å². The fourth-order valence-electron chi connectivity index (χ4n) is 3.72. The first-order chi connectivity index (χ1) is 17.7. The number of rotatable bonds is 8. The van der Waals surface area contributed by atoms with Crippen molar-refractivity contribution in [1.82, 2.24) is 26.1 Å². The van der Waals surface area contributed by atoms with Crippen LogP contribution in [-0.4, -0.2) is 64.9 Å². The van der Waals surface area contributed by atoms with E-state index >= 15 is 0 Å². The number of hydrogen-bond donors (Lipinski definition) is 6. The number of carboxylic acids is 1. The number of benzene rings is 2. The van der Waals surface area contributed by atoms with Crippen LogP contribution in [0.3, 0.4) is 0 Å². The topological polar surface area (TPSA) is 161 Å². The summed E-state index contributed by atoms with van der Waals surface area (Å²) >= 11 is 3.20. The van der Waals surface area contributed by atoms with Crippen molar-refractivity contribution in [2.75, 3.05) is 25.0 Å². The number of fused-ring (bicyclic) bond motifs is 1. The van der Waals surface area contributed by atoms with Gasteiger partial charge in [0.1, 0.15) is 12.0 Å². The number of nitrogens with zero attached hydrogens (tertiary/aromatic N) is 2. The number of H-pyrrole nitrogens is 1. The van der Waals surface area contributed by atoms with Gasteiger partial charge < -0.3 is 26.4 Å². The van der Waals surface area contributed by atoms with Crippen molar-refractivity contribution in [2.45, 2.75) is 18.6 Å². The van der Waals surface area contributed by atoms with E-state index in [9.17, 15) is 28.3 Å². The number of halogens is 3. The Bertz CT molecular complexity index is 1380. The first-order valence-corrected chi connectivity index (χ1v) is 11.9. The molecule has 194 valence electrons. The number of aromatic amines is 1. The Hall–Kier alpha value is -4.07. The molecule has 2 aromatic carbocycles. The lowest BCUT2D eigenvalue weighted by molar-refractivity contribution is -0.137. The van der Waals surface area contributed by atoms with Gasteiger partial charge in [-0.2, -0.15) is 5.10 Å². The van der Waals surface area contributed by atoms with Crippen LogP contribution in [0.2, 0.25) is 0 Å². The maximum Gasteiger partial charge on any atom is 0.305 e. The molecule has 4 rings (SSSR count). The average Bonchev–Trinajstić information content (AvgIpc) is 3.34. The molecule has 0 radical (unpaired) electrons. The zero-order valence-corrected chi connectivity index (χ0v) is 20.7. The number of nitrogens with one attached hydrogen (secondary N) is 5. The standard InChI is InChI=1S/C23H22BrF2N7O4/c24-12-1-2-16(26)14(5-12)18(6-21(35)36)31-20(34)10-27-22(37)11-3-17(15-9-30-33-19(15)4-11)32-23-28-7-13(25)8-29-23/h1-5,9,13,18H,6-8,10H2,(H,27,37)(H,30,33)(H,31,34)(H,35,36)(H2,28,29,32). The van der Waals surface area contributed by atoms with Crippen LogP contribution in [0, 0.1) is 5.82 Å². The van der Waals surface area contributed by atoms with E-state index in [-0.39, 0.29) is 24.2 Å². The molecule has 14 heteroatoms. The second-order valence-electron chi connectivity index (χ2n) is 8.21. The summed E-state index contributed by atoms with van der Waals surface area (Å²) in [6.45, 7) is -0.380. The van der Waals surface area contributed by atoms with Crippen LogP contribution in [0.1, 0.15) is 28.4 Å². The molecular formula is C23H22BrF2N7O4. The van der Waals surface area contributed by atoms with Crippen molar-refractivity contribution in [3.8, 4) is 0 Å². The Morgan fingerprint density at radius 1 is 1.24 bits per heavy atom. The maximum absolute atomic E-state index is 14.3. The van der Waals surface area contributed by atoms with Crippen LogP contribution in [0.5, 0.6) is 0 Å². The number of aliphatic imine (C=N–C) groups is 1. The van der Waals surface area contributed by atoms with E-state index in [2.05, 4.69) is 52.4 Å². The molecular weight excluding hydrogens is 556 g/mol. The Balaban J connectivity index is 1.45. The Labute approximate surface area is 217 Å². The first kappa shape index (κ1) is 26.0. The van der Waals surface area contributed by atoms with Crippen molar-refractivity contribution in [1.29, 1.82) is 0 Å². The highest BCUT2D eigenvalue weighted by Gasteiger charge is 2.22. The highest BCUT2D eigenvalue weighted by Crippen LogP contribution is 2.25. The van der Waals surface area contributed by atoms with E-state index in [4.69, 9.17) is 0 Å². The third kappa shape index (κ3) is 6.58. The minimum atomic E-state index is -1.24. The molecule has 1 aliphatic rings. The summed E-state index contributed by atoms with van der Waals surface area (Å²) in [5, 5.41) is 27.4. The van der Waals surface area contributed by atoms with Crippen molar-refractivity contribution in [3.05, 3.63) is 57.9 Å². The lowest BCUT2D eigenvalue weighted by Crippen LogP contribution is -2.41. The van der Waals surface area contributed by atoms with Gasteiger partial charge in [0.05, 0.1) is 49.5 Å². The summed E-state index contributed by atoms with van der Waals surface area (Å²) < 4.78 is 28.2. The molecule has 0 saturated carbocycles. The van der Waals surface area contributed by atoms with Crippen molar-refractivity contribution in [3.63, 3.8) is 0 Å². The number of carboxylic acid groups (broad SMARTS) is 1. The molecule has 0 bridgehead atoms. The number of anilines is 1. The number of guanidine groups is 1. The second-order valence-corrected chi connectivity index (χ2v) is 9.13. The van der Waals surface area contributed by atoms with E-state index < -0.39 is 48.8 Å². The summed E-state index contributed by atoms with van der Waals surface area (Å²) in [6, 6.07) is 5.91. The van der Waals surface area contributed by atoms with Gasteiger partial charge in [-0.25, -0.2) is 13.8 Å². The summed E-state index contributed by atoms with van der Waals surface area (Å²) in [4.78, 5) is 40.7. The number of aliphatic carboxylic acids is 1. The van der Waals surface area contributed by atoms with E-state index in [0.717, 1.165) is 6.07 Å². The van der Waals surface area contributed by atoms with Crippen LogP contribution < -0.4 is 21.3 Å². The highest BCUT2D eigenvalue weighted by molar-refractivity contribution is 9.10. The van der Waals surface area contributed by atoms with Gasteiger partial charge in [0.15, 0.2) is 5.96 Å². The number of amides is 2. The summed E-state index contributed by atoms with van der Waals surface area (Å²) in [5.41, 5.74) is 1.20. The zero-order chi connectivity index (χ0) is 26.5. The van der Waals surface area contributed by atoms with Crippen molar-refractivity contribution < 1.29 is 28.3 Å². The quantitative estimate of drug-likeness (QED) is 0.239. The second kappa shape index (κ2) is 11.3. The van der Waals surface area contributed by atoms with Crippen LogP contribution in [-0.2, 0) is 9.59 Å². The van der Waals surface area contributed by atoms with E-state index in [0.29, 0.717) is 27.0 Å². The molecule has 2 atom stereocenters. The number of alkyl halides is 1. The summed E-state index contributed by atoms with van der Waals surface area (Å²) in [7, 11) is 0. The van der Waals surface area contributed by atoms with Gasteiger partial charge in [0.25, 0.3) is 5.91 Å². The first-order valence-electron chi connectivity index (χ1n) is 11.1. The Morgan fingerprint density at radius 2 is 2.05 bits per heavy atom. The lowest BCUT2D eigenvalue weighted by Gasteiger charge is -2.19. The summed E-state index contributed by atoms with van der Waals surface area (Å²) in [5.74, 6) is -2.87. The number of aromatic nitrogens is 2. The monoisotopic (exact) mass is 577 g/mol. The van der Waals surface area contributed by atoms with E-state index in [1.165, 1.54) is 18.2 Å². The molecule has 0 aliphatic carbocycles. The molecule has 1 aliphatic heterocycles. The van der Waals surface area contributed by atoms with Gasteiger partial charge >= 0.3 is 5.97 Å². The average molecular weight is 578 g/mol. The largest absolute Gasteiger partial charge is 0.481 e. The molecule has 2 amide bonds. The number of hydrogen-bond acceptors (Lipinski definition) is 7. The molecule has 0 spiro atoms. The van der Waals surface area contributed by atoms with Gasteiger partial charge in [0, 0.05) is 21.0 Å². The van der Waals surface area contributed by atoms with Gasteiger partial charge in [-0.1, -0.05) is 15.9 Å². The maximum atomic E-state index is 14.3. The fraction of sp³-hybridized carbons (Fsp3) is 0.261. The van der Waals surface area contributed by atoms with Gasteiger partial charge in [-0.05, 0) is 30.3 Å².